The zero-order valence-electron chi connectivity index (χ0n) is 15.4. The molecule has 7 heteroatoms. The highest BCUT2D eigenvalue weighted by Crippen LogP contribution is 2.25. The highest BCUT2D eigenvalue weighted by Gasteiger charge is 2.20. The molecule has 27 heavy (non-hydrogen) atoms. The zero-order chi connectivity index (χ0) is 19.6. The van der Waals surface area contributed by atoms with Gasteiger partial charge in [-0.1, -0.05) is 31.0 Å². The van der Waals surface area contributed by atoms with E-state index in [0.29, 0.717) is 34.0 Å². The number of nitrogens with zero attached hydrogens (tertiary/aromatic N) is 2. The van der Waals surface area contributed by atoms with E-state index in [2.05, 4.69) is 10.3 Å². The fourth-order valence-electron chi connectivity index (χ4n) is 2.90. The predicted octanol–water partition coefficient (Wildman–Crippen LogP) is 4.29. The lowest BCUT2D eigenvalue weighted by Gasteiger charge is -2.10. The SMILES string of the molecule is CCCc1nc2ccc(C)cn2c1C(=O)Nc1cc(C(=O)OC)ccc1Cl. The minimum atomic E-state index is -0.501. The molecule has 0 saturated heterocycles. The van der Waals surface area contributed by atoms with Crippen LogP contribution in [0.1, 0.15) is 45.4 Å². The van der Waals surface area contributed by atoms with E-state index in [9.17, 15) is 9.59 Å². The summed E-state index contributed by atoms with van der Waals surface area (Å²) in [5.74, 6) is -0.834. The van der Waals surface area contributed by atoms with Gasteiger partial charge in [0.25, 0.3) is 5.91 Å². The summed E-state index contributed by atoms with van der Waals surface area (Å²) in [7, 11) is 1.30. The van der Waals surface area contributed by atoms with Crippen molar-refractivity contribution < 1.29 is 14.3 Å². The van der Waals surface area contributed by atoms with E-state index in [-0.39, 0.29) is 5.91 Å². The Morgan fingerprint density at radius 2 is 2.04 bits per heavy atom. The summed E-state index contributed by atoms with van der Waals surface area (Å²) in [5, 5.41) is 3.13. The number of esters is 1. The monoisotopic (exact) mass is 385 g/mol. The number of imidazole rings is 1. The van der Waals surface area contributed by atoms with E-state index in [0.717, 1.165) is 17.7 Å². The van der Waals surface area contributed by atoms with Gasteiger partial charge in [0.05, 0.1) is 29.1 Å². The number of ether oxygens (including phenoxy) is 1. The van der Waals surface area contributed by atoms with E-state index in [1.807, 2.05) is 32.2 Å². The molecule has 1 N–H and O–H groups in total. The lowest BCUT2D eigenvalue weighted by Crippen LogP contribution is -2.17. The first-order chi connectivity index (χ1) is 12.9. The topological polar surface area (TPSA) is 72.7 Å². The number of aromatic nitrogens is 2. The summed E-state index contributed by atoms with van der Waals surface area (Å²) in [6, 6.07) is 8.44. The molecule has 6 nitrogen and oxygen atoms in total. The highest BCUT2D eigenvalue weighted by atomic mass is 35.5. The Kier molecular flexibility index (Phi) is 5.46. The molecule has 3 rings (SSSR count). The van der Waals surface area contributed by atoms with Crippen molar-refractivity contribution in [2.45, 2.75) is 26.7 Å². The molecule has 0 unspecified atom stereocenters. The summed E-state index contributed by atoms with van der Waals surface area (Å²) in [4.78, 5) is 29.4. The molecule has 0 atom stereocenters. The second-order valence-corrected chi connectivity index (χ2v) is 6.64. The third-order valence-electron chi connectivity index (χ3n) is 4.18. The maximum absolute atomic E-state index is 13.1. The lowest BCUT2D eigenvalue weighted by atomic mass is 10.1. The number of hydrogen-bond donors (Lipinski definition) is 1. The van der Waals surface area contributed by atoms with E-state index in [4.69, 9.17) is 16.3 Å². The van der Waals surface area contributed by atoms with Crippen LogP contribution >= 0.6 is 11.6 Å². The van der Waals surface area contributed by atoms with Gasteiger partial charge in [-0.25, -0.2) is 9.78 Å². The molecule has 0 radical (unpaired) electrons. The van der Waals surface area contributed by atoms with E-state index >= 15 is 0 Å². The highest BCUT2D eigenvalue weighted by molar-refractivity contribution is 6.34. The van der Waals surface area contributed by atoms with Crippen molar-refractivity contribution >= 4 is 34.8 Å². The van der Waals surface area contributed by atoms with Crippen LogP contribution in [-0.4, -0.2) is 28.4 Å². The van der Waals surface area contributed by atoms with Crippen LogP contribution in [0.4, 0.5) is 5.69 Å². The van der Waals surface area contributed by atoms with Crippen LogP contribution in [0.3, 0.4) is 0 Å². The average molecular weight is 386 g/mol. The number of hydrogen-bond acceptors (Lipinski definition) is 4. The Balaban J connectivity index is 2.03. The van der Waals surface area contributed by atoms with Crippen molar-refractivity contribution in [2.75, 3.05) is 12.4 Å². The standard InChI is InChI=1S/C20H20ClN3O3/c1-4-5-15-18(24-11-12(2)6-9-17(24)22-15)19(25)23-16-10-13(20(26)27-3)7-8-14(16)21/h6-11H,4-5H2,1-3H3,(H,23,25). The molecule has 2 aromatic heterocycles. The largest absolute Gasteiger partial charge is 0.465 e. The predicted molar refractivity (Wildman–Crippen MR) is 105 cm³/mol. The molecule has 0 aliphatic rings. The average Bonchev–Trinajstić information content (AvgIpc) is 3.00. The third kappa shape index (κ3) is 3.80. The van der Waals surface area contributed by atoms with Crippen LogP contribution in [0.25, 0.3) is 5.65 Å². The van der Waals surface area contributed by atoms with E-state index < -0.39 is 5.97 Å². The molecule has 0 saturated carbocycles. The van der Waals surface area contributed by atoms with Gasteiger partial charge < -0.3 is 10.1 Å². The summed E-state index contributed by atoms with van der Waals surface area (Å²) in [5.41, 5.74) is 3.57. The van der Waals surface area contributed by atoms with Gasteiger partial charge in [-0.15, -0.1) is 0 Å². The van der Waals surface area contributed by atoms with Gasteiger partial charge in [0.15, 0.2) is 0 Å². The van der Waals surface area contributed by atoms with Crippen LogP contribution in [-0.2, 0) is 11.2 Å². The molecule has 0 spiro atoms. The third-order valence-corrected chi connectivity index (χ3v) is 4.51. The Morgan fingerprint density at radius 3 is 2.74 bits per heavy atom. The number of nitrogens with one attached hydrogen (secondary N) is 1. The van der Waals surface area contributed by atoms with Crippen LogP contribution < -0.4 is 5.32 Å². The number of anilines is 1. The number of benzene rings is 1. The fourth-order valence-corrected chi connectivity index (χ4v) is 3.06. The Morgan fingerprint density at radius 1 is 1.26 bits per heavy atom. The Labute approximate surface area is 162 Å². The van der Waals surface area contributed by atoms with Gasteiger partial charge >= 0.3 is 5.97 Å². The first kappa shape index (κ1) is 18.9. The quantitative estimate of drug-likeness (QED) is 0.665. The molecule has 0 aliphatic heterocycles. The molecule has 140 valence electrons. The molecule has 1 amide bonds. The van der Waals surface area contributed by atoms with Crippen LogP contribution in [0.2, 0.25) is 5.02 Å². The molecule has 3 aromatic rings. The fraction of sp³-hybridized carbons (Fsp3) is 0.250. The zero-order valence-corrected chi connectivity index (χ0v) is 16.1. The molecule has 1 aromatic carbocycles. The van der Waals surface area contributed by atoms with E-state index in [1.54, 1.807) is 16.5 Å². The van der Waals surface area contributed by atoms with E-state index in [1.165, 1.54) is 13.2 Å². The number of aryl methyl sites for hydroxylation is 2. The number of carbonyl (C=O) groups is 2. The minimum Gasteiger partial charge on any atom is -0.465 e. The summed E-state index contributed by atoms with van der Waals surface area (Å²) in [6.07, 6.45) is 3.42. The van der Waals surface area contributed by atoms with Gasteiger partial charge in [-0.2, -0.15) is 0 Å². The molecule has 0 aliphatic carbocycles. The smallest absolute Gasteiger partial charge is 0.337 e. The molecule has 0 fully saturated rings. The van der Waals surface area contributed by atoms with Crippen molar-refractivity contribution in [2.24, 2.45) is 0 Å². The first-order valence-electron chi connectivity index (χ1n) is 8.61. The van der Waals surface area contributed by atoms with Gasteiger partial charge in [0, 0.05) is 6.20 Å². The Hall–Kier alpha value is -2.86. The normalized spacial score (nSPS) is 10.8. The van der Waals surface area contributed by atoms with Gasteiger partial charge in [-0.05, 0) is 43.2 Å². The Bertz CT molecular complexity index is 1030. The van der Waals surface area contributed by atoms with Gasteiger partial charge in [0.1, 0.15) is 11.3 Å². The number of amides is 1. The van der Waals surface area contributed by atoms with Gasteiger partial charge in [-0.3, -0.25) is 9.20 Å². The first-order valence-corrected chi connectivity index (χ1v) is 8.99. The molecule has 2 heterocycles. The number of fused-ring (bicyclic) bond motifs is 1. The molecule has 0 bridgehead atoms. The second-order valence-electron chi connectivity index (χ2n) is 6.23. The number of carbonyl (C=O) groups excluding carboxylic acids is 2. The van der Waals surface area contributed by atoms with Gasteiger partial charge in [0.2, 0.25) is 0 Å². The van der Waals surface area contributed by atoms with Crippen molar-refractivity contribution in [1.82, 2.24) is 9.38 Å². The minimum absolute atomic E-state index is 0.306. The maximum Gasteiger partial charge on any atom is 0.337 e. The second kappa shape index (κ2) is 7.80. The number of halogens is 1. The molecular formula is C20H20ClN3O3. The lowest BCUT2D eigenvalue weighted by molar-refractivity contribution is 0.0600. The summed E-state index contributed by atoms with van der Waals surface area (Å²) < 4.78 is 6.51. The van der Waals surface area contributed by atoms with Crippen LogP contribution in [0, 0.1) is 6.92 Å². The van der Waals surface area contributed by atoms with Crippen LogP contribution in [0.15, 0.2) is 36.5 Å². The summed E-state index contributed by atoms with van der Waals surface area (Å²) in [6.45, 7) is 3.99. The maximum atomic E-state index is 13.1. The van der Waals surface area contributed by atoms with Crippen molar-refractivity contribution in [1.29, 1.82) is 0 Å². The van der Waals surface area contributed by atoms with Crippen molar-refractivity contribution in [3.8, 4) is 0 Å². The summed E-state index contributed by atoms with van der Waals surface area (Å²) >= 11 is 6.20. The van der Waals surface area contributed by atoms with Crippen molar-refractivity contribution in [3.05, 3.63) is 64.1 Å². The molecular weight excluding hydrogens is 366 g/mol. The van der Waals surface area contributed by atoms with Crippen molar-refractivity contribution in [3.63, 3.8) is 0 Å². The number of pyridine rings is 1. The number of rotatable bonds is 5. The van der Waals surface area contributed by atoms with Crippen LogP contribution in [0.5, 0.6) is 0 Å². The number of methoxy groups -OCH3 is 1.